The number of hydrogen-bond donors (Lipinski definition) is 1. The fourth-order valence-corrected chi connectivity index (χ4v) is 8.42. The molecule has 0 radical (unpaired) electrons. The Hall–Kier alpha value is -3.30. The SMILES string of the molecule is CC1=CC=C2NC3=C(CCN(C(=O)Oc4ccc(Cl)cc4)[C@H]3c3ccc(OC4CCN(CCN5CCOCC5)CC4)cc3)C23C[C@H]13. The third-order valence-electron chi connectivity index (χ3n) is 10.9. The van der Waals surface area contributed by atoms with Crippen molar-refractivity contribution in [3.05, 3.63) is 93.8 Å². The Labute approximate surface area is 276 Å². The second kappa shape index (κ2) is 12.4. The molecule has 2 aromatic rings. The smallest absolute Gasteiger partial charge is 0.416 e. The average molecular weight is 643 g/mol. The molecular weight excluding hydrogens is 600 g/mol. The van der Waals surface area contributed by atoms with Gasteiger partial charge in [-0.3, -0.25) is 9.80 Å². The molecule has 46 heavy (non-hydrogen) atoms. The lowest BCUT2D eigenvalue weighted by atomic mass is 9.82. The van der Waals surface area contributed by atoms with E-state index >= 15 is 0 Å². The molecule has 2 aliphatic carbocycles. The predicted molar refractivity (Wildman–Crippen MR) is 178 cm³/mol. The molecule has 1 saturated carbocycles. The van der Waals surface area contributed by atoms with E-state index in [2.05, 4.69) is 58.5 Å². The van der Waals surface area contributed by atoms with Crippen LogP contribution in [0, 0.1) is 11.3 Å². The zero-order valence-electron chi connectivity index (χ0n) is 26.6. The van der Waals surface area contributed by atoms with E-state index < -0.39 is 0 Å². The number of morpholine rings is 1. The van der Waals surface area contributed by atoms with E-state index in [0.29, 0.717) is 23.2 Å². The molecule has 8 nitrogen and oxygen atoms in total. The minimum Gasteiger partial charge on any atom is -0.490 e. The van der Waals surface area contributed by atoms with E-state index in [1.165, 1.54) is 16.8 Å². The first-order chi connectivity index (χ1) is 22.5. The maximum atomic E-state index is 13.7. The van der Waals surface area contributed by atoms with Crippen molar-refractivity contribution in [2.45, 2.75) is 44.8 Å². The minimum absolute atomic E-state index is 0.0820. The van der Waals surface area contributed by atoms with Gasteiger partial charge in [-0.15, -0.1) is 0 Å². The number of benzene rings is 2. The summed E-state index contributed by atoms with van der Waals surface area (Å²) < 4.78 is 17.9. The summed E-state index contributed by atoms with van der Waals surface area (Å²) >= 11 is 6.08. The van der Waals surface area contributed by atoms with E-state index in [-0.39, 0.29) is 23.7 Å². The van der Waals surface area contributed by atoms with Gasteiger partial charge in [-0.2, -0.15) is 0 Å². The van der Waals surface area contributed by atoms with E-state index in [0.717, 1.165) is 95.2 Å². The van der Waals surface area contributed by atoms with Gasteiger partial charge in [-0.25, -0.2) is 4.79 Å². The summed E-state index contributed by atoms with van der Waals surface area (Å²) in [6.45, 7) is 11.0. The van der Waals surface area contributed by atoms with Gasteiger partial charge in [-0.05, 0) is 92.1 Å². The number of carbonyl (C=O) groups is 1. The topological polar surface area (TPSA) is 66.5 Å². The zero-order valence-corrected chi connectivity index (χ0v) is 27.3. The fourth-order valence-electron chi connectivity index (χ4n) is 8.29. The Bertz CT molecular complexity index is 1560. The van der Waals surface area contributed by atoms with Crippen molar-refractivity contribution < 1.29 is 19.0 Å². The Kier molecular flexibility index (Phi) is 8.09. The maximum Gasteiger partial charge on any atom is 0.416 e. The van der Waals surface area contributed by atoms with Gasteiger partial charge in [-0.1, -0.05) is 35.4 Å². The highest BCUT2D eigenvalue weighted by Gasteiger charge is 2.65. The summed E-state index contributed by atoms with van der Waals surface area (Å²) in [6.07, 6.45) is 8.40. The van der Waals surface area contributed by atoms with E-state index in [1.807, 2.05) is 4.90 Å². The van der Waals surface area contributed by atoms with Crippen LogP contribution in [0.2, 0.25) is 5.02 Å². The number of hydrogen-bond acceptors (Lipinski definition) is 7. The van der Waals surface area contributed by atoms with Gasteiger partial charge in [0.05, 0.1) is 13.2 Å². The van der Waals surface area contributed by atoms with Crippen LogP contribution in [0.5, 0.6) is 11.5 Å². The lowest BCUT2D eigenvalue weighted by Crippen LogP contribution is -2.44. The second-order valence-corrected chi connectivity index (χ2v) is 14.0. The fraction of sp³-hybridized carbons (Fsp3) is 0.486. The van der Waals surface area contributed by atoms with Crippen molar-refractivity contribution in [2.24, 2.45) is 11.3 Å². The predicted octanol–water partition coefficient (Wildman–Crippen LogP) is 6.17. The highest BCUT2D eigenvalue weighted by atomic mass is 35.5. The summed E-state index contributed by atoms with van der Waals surface area (Å²) in [6, 6.07) is 15.1. The number of piperidine rings is 1. The summed E-state index contributed by atoms with van der Waals surface area (Å²) in [4.78, 5) is 20.7. The first-order valence-corrected chi connectivity index (χ1v) is 17.3. The van der Waals surface area contributed by atoms with E-state index in [9.17, 15) is 4.79 Å². The number of likely N-dealkylation sites (tertiary alicyclic amines) is 1. The largest absolute Gasteiger partial charge is 0.490 e. The molecule has 8 rings (SSSR count). The van der Waals surface area contributed by atoms with Crippen LogP contribution >= 0.6 is 11.6 Å². The summed E-state index contributed by atoms with van der Waals surface area (Å²) in [5.41, 5.74) is 6.45. The van der Waals surface area contributed by atoms with Crippen LogP contribution in [-0.2, 0) is 4.74 Å². The third-order valence-corrected chi connectivity index (χ3v) is 11.2. The van der Waals surface area contributed by atoms with Gasteiger partial charge in [0.25, 0.3) is 0 Å². The molecule has 2 saturated heterocycles. The number of ether oxygens (including phenoxy) is 3. The van der Waals surface area contributed by atoms with Gasteiger partial charge in [0.2, 0.25) is 0 Å². The summed E-state index contributed by atoms with van der Waals surface area (Å²) in [5.74, 6) is 1.93. The van der Waals surface area contributed by atoms with Crippen LogP contribution in [0.4, 0.5) is 4.79 Å². The van der Waals surface area contributed by atoms with Crippen molar-refractivity contribution >= 4 is 17.7 Å². The van der Waals surface area contributed by atoms with Crippen LogP contribution in [0.3, 0.4) is 0 Å². The monoisotopic (exact) mass is 642 g/mol. The Morgan fingerprint density at radius 2 is 1.63 bits per heavy atom. The number of carbonyl (C=O) groups excluding carboxylic acids is 1. The van der Waals surface area contributed by atoms with Crippen LogP contribution in [0.15, 0.2) is 83.2 Å². The molecule has 3 fully saturated rings. The van der Waals surface area contributed by atoms with Crippen molar-refractivity contribution in [3.8, 4) is 11.5 Å². The summed E-state index contributed by atoms with van der Waals surface area (Å²) in [7, 11) is 0. The molecule has 1 amide bonds. The number of rotatable bonds is 7. The van der Waals surface area contributed by atoms with Gasteiger partial charge in [0, 0.05) is 67.6 Å². The van der Waals surface area contributed by atoms with Crippen molar-refractivity contribution in [1.29, 1.82) is 0 Å². The highest BCUT2D eigenvalue weighted by Crippen LogP contribution is 2.71. The number of nitrogens with zero attached hydrogens (tertiary/aromatic N) is 3. The van der Waals surface area contributed by atoms with Gasteiger partial charge < -0.3 is 24.4 Å². The van der Waals surface area contributed by atoms with Crippen LogP contribution in [0.1, 0.15) is 44.2 Å². The lowest BCUT2D eigenvalue weighted by Gasteiger charge is -2.37. The molecule has 4 aliphatic heterocycles. The Morgan fingerprint density at radius 3 is 2.37 bits per heavy atom. The number of halogens is 1. The van der Waals surface area contributed by atoms with Gasteiger partial charge in [0.15, 0.2) is 0 Å². The molecule has 4 heterocycles. The van der Waals surface area contributed by atoms with Crippen LogP contribution in [0.25, 0.3) is 0 Å². The normalized spacial score (nSPS) is 28.0. The van der Waals surface area contributed by atoms with E-state index in [1.54, 1.807) is 24.3 Å². The lowest BCUT2D eigenvalue weighted by molar-refractivity contribution is 0.0289. The van der Waals surface area contributed by atoms with Crippen molar-refractivity contribution in [1.82, 2.24) is 20.0 Å². The van der Waals surface area contributed by atoms with E-state index in [4.69, 9.17) is 25.8 Å². The number of amides is 1. The Balaban J connectivity index is 0.969. The molecule has 3 atom stereocenters. The van der Waals surface area contributed by atoms with Crippen LogP contribution < -0.4 is 14.8 Å². The van der Waals surface area contributed by atoms with Gasteiger partial charge in [0.1, 0.15) is 23.6 Å². The van der Waals surface area contributed by atoms with Crippen molar-refractivity contribution in [2.75, 3.05) is 59.0 Å². The number of allylic oxidation sites excluding steroid dienone is 4. The molecule has 6 aliphatic rings. The molecule has 0 bridgehead atoms. The molecule has 0 aromatic heterocycles. The average Bonchev–Trinajstić information content (AvgIpc) is 3.77. The minimum atomic E-state index is -0.357. The maximum absolute atomic E-state index is 13.7. The van der Waals surface area contributed by atoms with Crippen LogP contribution in [-0.4, -0.2) is 85.9 Å². The molecule has 1 spiro atoms. The highest BCUT2D eigenvalue weighted by molar-refractivity contribution is 6.30. The molecule has 242 valence electrons. The summed E-state index contributed by atoms with van der Waals surface area (Å²) in [5, 5.41) is 4.41. The molecular formula is C37H43ClN4O4. The first-order valence-electron chi connectivity index (χ1n) is 16.9. The molecule has 1 N–H and O–H groups in total. The zero-order chi connectivity index (χ0) is 31.3. The second-order valence-electron chi connectivity index (χ2n) is 13.6. The van der Waals surface area contributed by atoms with Gasteiger partial charge >= 0.3 is 6.09 Å². The van der Waals surface area contributed by atoms with Crippen molar-refractivity contribution in [3.63, 3.8) is 0 Å². The molecule has 1 unspecified atom stereocenters. The standard InChI is InChI=1S/C37H43ClN4O4/c1-25-2-11-33-37(24-32(25)37)31-14-17-42(36(43)46-29-9-5-27(38)6-10-29)35(34(31)39-33)26-3-7-28(8-4-26)45-30-12-15-40(16-13-30)18-19-41-20-22-44-23-21-41/h2-11,30,32,35,39H,12-24H2,1H3/t32-,35+,37?/m1/s1. The molecule has 2 aromatic carbocycles. The molecule has 9 heteroatoms. The quantitative estimate of drug-likeness (QED) is 0.388. The Morgan fingerprint density at radius 1 is 0.935 bits per heavy atom. The first kappa shape index (κ1) is 30.1. The number of nitrogens with one attached hydrogen (secondary N) is 1. The third kappa shape index (κ3) is 5.63.